The number of nitrogens with two attached hydrogens (primary N) is 3. The Morgan fingerprint density at radius 1 is 0.810 bits per heavy atom. The van der Waals surface area contributed by atoms with Crippen LogP contribution < -0.4 is 38.5 Å². The van der Waals surface area contributed by atoms with Crippen molar-refractivity contribution in [2.45, 2.75) is 75.7 Å². The number of hydrogen-bond acceptors (Lipinski definition) is 10. The van der Waals surface area contributed by atoms with Crippen molar-refractivity contribution < 1.29 is 41.8 Å². The molecule has 0 aromatic heterocycles. The van der Waals surface area contributed by atoms with Gasteiger partial charge in [0.25, 0.3) is 0 Å². The highest BCUT2D eigenvalue weighted by Gasteiger charge is 2.27. The number of nitrogens with one attached hydrogen (secondary N) is 4. The van der Waals surface area contributed by atoms with E-state index in [9.17, 15) is 39.0 Å². The predicted octanol–water partition coefficient (Wildman–Crippen LogP) is -3.04. The Hall–Kier alpha value is -3.92. The number of ketones is 1. The van der Waals surface area contributed by atoms with Crippen LogP contribution in [-0.4, -0.2) is 95.5 Å². The molecule has 12 N–H and O–H groups in total. The lowest BCUT2D eigenvalue weighted by Crippen LogP contribution is -2.57. The molecule has 2 unspecified atom stereocenters. The number of carbonyl (C=O) groups is 6. The molecular weight excluding hydrogens is 550 g/mol. The molecule has 15 heteroatoms. The average molecular weight is 598 g/mol. The van der Waals surface area contributed by atoms with E-state index in [1.165, 1.54) is 6.92 Å². The zero-order valence-corrected chi connectivity index (χ0v) is 23.7. The van der Waals surface area contributed by atoms with E-state index in [1.54, 1.807) is 30.3 Å². The summed E-state index contributed by atoms with van der Waals surface area (Å²) >= 11 is 0. The van der Waals surface area contributed by atoms with Crippen LogP contribution in [0.3, 0.4) is 0 Å². The van der Waals surface area contributed by atoms with Gasteiger partial charge in [0, 0.05) is 22.2 Å². The first-order valence-corrected chi connectivity index (χ1v) is 13.6. The van der Waals surface area contributed by atoms with E-state index in [0.717, 1.165) is 5.56 Å². The van der Waals surface area contributed by atoms with Crippen LogP contribution in [0.5, 0.6) is 0 Å². The number of primary amides is 2. The lowest BCUT2D eigenvalue weighted by molar-refractivity contribution is -0.132. The Labute approximate surface area is 247 Å². The van der Waals surface area contributed by atoms with E-state index < -0.39 is 67.1 Å². The van der Waals surface area contributed by atoms with Crippen molar-refractivity contribution in [3.05, 3.63) is 35.9 Å². The topological polar surface area (TPSA) is 269 Å². The van der Waals surface area contributed by atoms with E-state index in [-0.39, 0.29) is 46.8 Å². The van der Waals surface area contributed by atoms with Crippen molar-refractivity contribution >= 4 is 35.3 Å². The SMILES string of the molecule is CC(=O)C(CCC(=O)NCCCCC(N)C(=O)N[C@@H](CO)C(=O)N[C@@H](Cc1ccccc1)C(N)=O)N[C@@H](CO)C(N)=O.[HH].[HH]. The lowest BCUT2D eigenvalue weighted by atomic mass is 10.0. The molecule has 1 aromatic rings. The van der Waals surface area contributed by atoms with Gasteiger partial charge in [-0.25, -0.2) is 0 Å². The lowest BCUT2D eigenvalue weighted by Gasteiger charge is -2.22. The molecule has 0 fully saturated rings. The van der Waals surface area contributed by atoms with Gasteiger partial charge in [0.2, 0.25) is 29.5 Å². The summed E-state index contributed by atoms with van der Waals surface area (Å²) in [7, 11) is 0. The van der Waals surface area contributed by atoms with Gasteiger partial charge in [-0.05, 0) is 38.2 Å². The van der Waals surface area contributed by atoms with Crippen molar-refractivity contribution in [3.63, 3.8) is 0 Å². The predicted molar refractivity (Wildman–Crippen MR) is 156 cm³/mol. The maximum atomic E-state index is 12.6. The van der Waals surface area contributed by atoms with Gasteiger partial charge >= 0.3 is 0 Å². The smallest absolute Gasteiger partial charge is 0.245 e. The molecule has 15 nitrogen and oxygen atoms in total. The molecule has 42 heavy (non-hydrogen) atoms. The number of hydrogen-bond donors (Lipinski definition) is 9. The minimum absolute atomic E-state index is 0. The minimum Gasteiger partial charge on any atom is -0.394 e. The highest BCUT2D eigenvalue weighted by Crippen LogP contribution is 2.05. The highest BCUT2D eigenvalue weighted by molar-refractivity contribution is 5.92. The summed E-state index contributed by atoms with van der Waals surface area (Å²) in [6, 6.07) is 3.56. The number of amides is 5. The second-order valence-corrected chi connectivity index (χ2v) is 9.86. The van der Waals surface area contributed by atoms with Crippen molar-refractivity contribution in [1.82, 2.24) is 21.3 Å². The number of Topliss-reactive ketones (excluding diaryl/α,β-unsaturated/α-hetero) is 1. The van der Waals surface area contributed by atoms with Crippen molar-refractivity contribution in [2.75, 3.05) is 19.8 Å². The summed E-state index contributed by atoms with van der Waals surface area (Å²) in [5, 5.41) is 29.0. The molecule has 238 valence electrons. The third-order valence-electron chi connectivity index (χ3n) is 6.44. The van der Waals surface area contributed by atoms with Gasteiger partial charge in [0.05, 0.1) is 25.3 Å². The second-order valence-electron chi connectivity index (χ2n) is 9.86. The maximum Gasteiger partial charge on any atom is 0.245 e. The third-order valence-corrected chi connectivity index (χ3v) is 6.44. The zero-order valence-electron chi connectivity index (χ0n) is 23.7. The van der Waals surface area contributed by atoms with Crippen molar-refractivity contribution in [1.29, 1.82) is 0 Å². The second kappa shape index (κ2) is 19.2. The number of unbranched alkanes of at least 4 members (excludes halogenated alkanes) is 1. The van der Waals surface area contributed by atoms with Crippen molar-refractivity contribution in [2.24, 2.45) is 17.2 Å². The molecule has 5 atom stereocenters. The van der Waals surface area contributed by atoms with Gasteiger partial charge in [-0.15, -0.1) is 0 Å². The Balaban J connectivity index is 0. The minimum atomic E-state index is -1.34. The Kier molecular flexibility index (Phi) is 16.5. The van der Waals surface area contributed by atoms with Gasteiger partial charge in [-0.2, -0.15) is 0 Å². The molecule has 0 aliphatic heterocycles. The number of aliphatic hydroxyl groups is 2. The monoisotopic (exact) mass is 597 g/mol. The molecule has 0 spiro atoms. The Morgan fingerprint density at radius 2 is 1.40 bits per heavy atom. The molecule has 1 rings (SSSR count). The Bertz CT molecular complexity index is 1070. The van der Waals surface area contributed by atoms with Gasteiger partial charge < -0.3 is 43.4 Å². The van der Waals surface area contributed by atoms with E-state index in [1.807, 2.05) is 0 Å². The fourth-order valence-electron chi connectivity index (χ4n) is 3.90. The standard InChI is InChI=1S/C27H43N7O8.2H2/c1-16(37)19(32-21(14-35)25(30)40)10-11-23(38)31-12-6-5-9-18(28)26(41)34-22(15-36)27(42)33-20(24(29)39)13-17-7-3-2-4-8-17;;/h2-4,7-8,18-22,32,35-36H,5-6,9-15,28H2,1H3,(H2,29,39)(H2,30,40)(H,31,38)(H,33,42)(H,34,41);2*1H/t18?,19?,20-,21-,22-;;/m0../s1. The van der Waals surface area contributed by atoms with E-state index in [4.69, 9.17) is 17.2 Å². The number of rotatable bonds is 21. The molecule has 0 saturated carbocycles. The van der Waals surface area contributed by atoms with Crippen LogP contribution in [0, 0.1) is 0 Å². The maximum absolute atomic E-state index is 12.6. The van der Waals surface area contributed by atoms with Gasteiger partial charge in [-0.3, -0.25) is 34.1 Å². The summed E-state index contributed by atoms with van der Waals surface area (Å²) < 4.78 is 0. The van der Waals surface area contributed by atoms with E-state index in [0.29, 0.717) is 12.8 Å². The van der Waals surface area contributed by atoms with E-state index >= 15 is 0 Å². The van der Waals surface area contributed by atoms with Crippen molar-refractivity contribution in [3.8, 4) is 0 Å². The van der Waals surface area contributed by atoms with Crippen LogP contribution in [0.25, 0.3) is 0 Å². The zero-order chi connectivity index (χ0) is 31.7. The molecule has 5 amide bonds. The fraction of sp³-hybridized carbons (Fsp3) is 0.556. The van der Waals surface area contributed by atoms with Crippen LogP contribution in [0.15, 0.2) is 30.3 Å². The normalized spacial score (nSPS) is 14.5. The summed E-state index contributed by atoms with van der Waals surface area (Å²) in [5.74, 6) is -3.69. The molecule has 1 aromatic carbocycles. The van der Waals surface area contributed by atoms with E-state index in [2.05, 4.69) is 21.3 Å². The largest absolute Gasteiger partial charge is 0.394 e. The van der Waals surface area contributed by atoms with Gasteiger partial charge in [0.1, 0.15) is 23.9 Å². The summed E-state index contributed by atoms with van der Waals surface area (Å²) in [5.41, 5.74) is 17.2. The number of carbonyl (C=O) groups excluding carboxylic acids is 6. The summed E-state index contributed by atoms with van der Waals surface area (Å²) in [6.45, 7) is 0.271. The number of benzene rings is 1. The van der Waals surface area contributed by atoms with Crippen LogP contribution in [0.4, 0.5) is 0 Å². The Morgan fingerprint density at radius 3 is 1.95 bits per heavy atom. The molecule has 0 bridgehead atoms. The number of aliphatic hydroxyl groups excluding tert-OH is 2. The first-order chi connectivity index (χ1) is 19.9. The molecule has 0 saturated heterocycles. The molecule has 0 heterocycles. The quantitative estimate of drug-likeness (QED) is 0.0646. The molecule has 0 aliphatic carbocycles. The van der Waals surface area contributed by atoms with Gasteiger partial charge in [-0.1, -0.05) is 30.3 Å². The average Bonchev–Trinajstić information content (AvgIpc) is 2.95. The summed E-state index contributed by atoms with van der Waals surface area (Å²) in [6.07, 6.45) is 1.40. The van der Waals surface area contributed by atoms with Crippen LogP contribution >= 0.6 is 0 Å². The van der Waals surface area contributed by atoms with Crippen LogP contribution in [-0.2, 0) is 35.2 Å². The third kappa shape index (κ3) is 13.6. The highest BCUT2D eigenvalue weighted by atomic mass is 16.3. The summed E-state index contributed by atoms with van der Waals surface area (Å²) in [4.78, 5) is 72.1. The van der Waals surface area contributed by atoms with Crippen LogP contribution in [0.2, 0.25) is 0 Å². The first kappa shape index (κ1) is 36.1. The molecule has 0 aliphatic rings. The molecule has 0 radical (unpaired) electrons. The van der Waals surface area contributed by atoms with Crippen LogP contribution in [0.1, 0.15) is 47.4 Å². The van der Waals surface area contributed by atoms with Gasteiger partial charge in [0.15, 0.2) is 0 Å². The first-order valence-electron chi connectivity index (χ1n) is 13.6. The molecular formula is C27H47N7O8. The fourth-order valence-corrected chi connectivity index (χ4v) is 3.90.